The highest BCUT2D eigenvalue weighted by Crippen LogP contribution is 2.38. The molecule has 0 radical (unpaired) electrons. The standard InChI is InChI=1S/C19H13Cl5N4O/c20-14-7-6-13(9-15(14)21)28-18(19(22,23)24)26-16(27-28)17(29)25-12-5-4-10-2-1-3-11(10)8-12/h4-9H,1-3H2,(H,25,29). The second kappa shape index (κ2) is 7.97. The summed E-state index contributed by atoms with van der Waals surface area (Å²) in [5.74, 6) is -0.699. The molecule has 0 saturated carbocycles. The highest BCUT2D eigenvalue weighted by Gasteiger charge is 2.33. The molecule has 0 saturated heterocycles. The molecular formula is C19H13Cl5N4O. The van der Waals surface area contributed by atoms with Gasteiger partial charge in [0.1, 0.15) is 0 Å². The van der Waals surface area contributed by atoms with E-state index in [1.54, 1.807) is 18.2 Å². The van der Waals surface area contributed by atoms with Gasteiger partial charge in [-0.05, 0) is 60.7 Å². The molecular weight excluding hydrogens is 478 g/mol. The van der Waals surface area contributed by atoms with Crippen molar-refractivity contribution in [2.75, 3.05) is 5.32 Å². The molecule has 5 nitrogen and oxygen atoms in total. The zero-order valence-corrected chi connectivity index (χ0v) is 18.5. The molecule has 0 spiro atoms. The van der Waals surface area contributed by atoms with E-state index in [-0.39, 0.29) is 11.6 Å². The van der Waals surface area contributed by atoms with Gasteiger partial charge in [0.05, 0.1) is 15.7 Å². The van der Waals surface area contributed by atoms with Gasteiger partial charge in [-0.1, -0.05) is 64.1 Å². The summed E-state index contributed by atoms with van der Waals surface area (Å²) in [6.45, 7) is 0. The van der Waals surface area contributed by atoms with Crippen molar-refractivity contribution < 1.29 is 4.79 Å². The zero-order chi connectivity index (χ0) is 20.8. The Kier molecular flexibility index (Phi) is 5.70. The van der Waals surface area contributed by atoms with E-state index in [0.29, 0.717) is 21.4 Å². The normalized spacial score (nSPS) is 13.4. The van der Waals surface area contributed by atoms with Gasteiger partial charge in [-0.25, -0.2) is 9.67 Å². The van der Waals surface area contributed by atoms with Crippen LogP contribution < -0.4 is 5.32 Å². The summed E-state index contributed by atoms with van der Waals surface area (Å²) in [7, 11) is 0. The number of amides is 1. The van der Waals surface area contributed by atoms with Crippen LogP contribution in [0.3, 0.4) is 0 Å². The minimum Gasteiger partial charge on any atom is -0.319 e. The molecule has 2 aromatic carbocycles. The van der Waals surface area contributed by atoms with Crippen LogP contribution in [-0.2, 0) is 16.6 Å². The average molecular weight is 491 g/mol. The topological polar surface area (TPSA) is 59.8 Å². The fourth-order valence-electron chi connectivity index (χ4n) is 3.23. The first-order valence-corrected chi connectivity index (χ1v) is 10.5. The number of alkyl halides is 3. The summed E-state index contributed by atoms with van der Waals surface area (Å²) in [4.78, 5) is 16.9. The summed E-state index contributed by atoms with van der Waals surface area (Å²) >= 11 is 30.2. The number of benzene rings is 2. The number of anilines is 1. The van der Waals surface area contributed by atoms with Crippen LogP contribution in [0.15, 0.2) is 36.4 Å². The Bertz CT molecular complexity index is 1110. The van der Waals surface area contributed by atoms with Crippen molar-refractivity contribution in [1.29, 1.82) is 0 Å². The molecule has 0 bridgehead atoms. The number of fused-ring (bicyclic) bond motifs is 1. The minimum atomic E-state index is -1.91. The third kappa shape index (κ3) is 4.35. The second-order valence-electron chi connectivity index (χ2n) is 6.56. The molecule has 0 atom stereocenters. The zero-order valence-electron chi connectivity index (χ0n) is 14.7. The molecule has 0 unspecified atom stereocenters. The fraction of sp³-hybridized carbons (Fsp3) is 0.211. The maximum absolute atomic E-state index is 12.7. The molecule has 1 N–H and O–H groups in total. The third-order valence-corrected chi connectivity index (χ3v) is 5.81. The van der Waals surface area contributed by atoms with Crippen LogP contribution in [0.4, 0.5) is 5.69 Å². The van der Waals surface area contributed by atoms with Crippen molar-refractivity contribution in [1.82, 2.24) is 14.8 Å². The van der Waals surface area contributed by atoms with Crippen LogP contribution in [0.25, 0.3) is 5.69 Å². The van der Waals surface area contributed by atoms with Crippen LogP contribution in [0, 0.1) is 0 Å². The van der Waals surface area contributed by atoms with E-state index in [1.165, 1.54) is 15.8 Å². The van der Waals surface area contributed by atoms with E-state index in [2.05, 4.69) is 15.4 Å². The van der Waals surface area contributed by atoms with E-state index in [4.69, 9.17) is 58.0 Å². The lowest BCUT2D eigenvalue weighted by Crippen LogP contribution is -2.14. The van der Waals surface area contributed by atoms with Gasteiger partial charge in [-0.2, -0.15) is 0 Å². The molecule has 1 aromatic heterocycles. The predicted molar refractivity (Wildman–Crippen MR) is 117 cm³/mol. The summed E-state index contributed by atoms with van der Waals surface area (Å²) < 4.78 is -0.655. The van der Waals surface area contributed by atoms with Gasteiger partial charge in [0.25, 0.3) is 5.91 Å². The van der Waals surface area contributed by atoms with E-state index in [9.17, 15) is 4.79 Å². The largest absolute Gasteiger partial charge is 0.319 e. The molecule has 4 rings (SSSR count). The molecule has 0 aliphatic heterocycles. The van der Waals surface area contributed by atoms with Gasteiger partial charge in [0.15, 0.2) is 5.82 Å². The van der Waals surface area contributed by atoms with Crippen LogP contribution in [0.1, 0.15) is 34.0 Å². The first-order chi connectivity index (χ1) is 13.7. The van der Waals surface area contributed by atoms with Crippen molar-refractivity contribution >= 4 is 69.6 Å². The Hall–Kier alpha value is -1.50. The molecule has 1 amide bonds. The lowest BCUT2D eigenvalue weighted by molar-refractivity contribution is 0.101. The predicted octanol–water partition coefficient (Wildman–Crippen LogP) is 6.14. The van der Waals surface area contributed by atoms with Gasteiger partial charge < -0.3 is 5.32 Å². The molecule has 150 valence electrons. The Morgan fingerprint density at radius 1 is 1.00 bits per heavy atom. The molecule has 29 heavy (non-hydrogen) atoms. The van der Waals surface area contributed by atoms with Crippen molar-refractivity contribution in [3.63, 3.8) is 0 Å². The van der Waals surface area contributed by atoms with E-state index in [1.807, 2.05) is 18.2 Å². The van der Waals surface area contributed by atoms with E-state index >= 15 is 0 Å². The lowest BCUT2D eigenvalue weighted by atomic mass is 10.1. The smallest absolute Gasteiger partial charge is 0.295 e. The SMILES string of the molecule is O=C(Nc1ccc2c(c1)CCC2)c1nc(C(Cl)(Cl)Cl)n(-c2ccc(Cl)c(Cl)c2)n1. The molecule has 10 heteroatoms. The number of rotatable bonds is 3. The number of hydrogen-bond acceptors (Lipinski definition) is 3. The highest BCUT2D eigenvalue weighted by molar-refractivity contribution is 6.66. The van der Waals surface area contributed by atoms with Crippen molar-refractivity contribution in [3.8, 4) is 5.69 Å². The van der Waals surface area contributed by atoms with Crippen molar-refractivity contribution in [2.45, 2.75) is 23.1 Å². The average Bonchev–Trinajstić information content (AvgIpc) is 3.30. The molecule has 1 heterocycles. The number of carbonyl (C=O) groups excluding carboxylic acids is 1. The van der Waals surface area contributed by atoms with Gasteiger partial charge in [-0.15, -0.1) is 5.10 Å². The fourth-order valence-corrected chi connectivity index (χ4v) is 3.88. The number of halogens is 5. The van der Waals surface area contributed by atoms with Crippen LogP contribution in [-0.4, -0.2) is 20.7 Å². The number of carbonyl (C=O) groups is 1. The van der Waals surface area contributed by atoms with Crippen molar-refractivity contribution in [2.24, 2.45) is 0 Å². The first kappa shape index (κ1) is 20.8. The summed E-state index contributed by atoms with van der Waals surface area (Å²) in [6, 6.07) is 10.6. The van der Waals surface area contributed by atoms with Crippen molar-refractivity contribution in [3.05, 3.63) is 69.2 Å². The van der Waals surface area contributed by atoms with Gasteiger partial charge in [0, 0.05) is 5.69 Å². The van der Waals surface area contributed by atoms with E-state index in [0.717, 1.165) is 19.3 Å². The summed E-state index contributed by atoms with van der Waals surface area (Å²) in [6.07, 6.45) is 3.18. The van der Waals surface area contributed by atoms with Gasteiger partial charge in [-0.3, -0.25) is 4.79 Å². The quantitative estimate of drug-likeness (QED) is 0.449. The Morgan fingerprint density at radius 2 is 1.76 bits per heavy atom. The van der Waals surface area contributed by atoms with Crippen LogP contribution >= 0.6 is 58.0 Å². The molecule has 0 fully saturated rings. The Morgan fingerprint density at radius 3 is 2.48 bits per heavy atom. The third-order valence-electron chi connectivity index (χ3n) is 4.57. The number of aromatic nitrogens is 3. The number of hydrogen-bond donors (Lipinski definition) is 1. The number of nitrogens with zero attached hydrogens (tertiary/aromatic N) is 3. The number of nitrogens with one attached hydrogen (secondary N) is 1. The molecule has 1 aliphatic rings. The maximum atomic E-state index is 12.7. The molecule has 3 aromatic rings. The highest BCUT2D eigenvalue weighted by atomic mass is 35.6. The Labute approximate surface area is 191 Å². The van der Waals surface area contributed by atoms with Gasteiger partial charge >= 0.3 is 0 Å². The monoisotopic (exact) mass is 488 g/mol. The second-order valence-corrected chi connectivity index (χ2v) is 9.65. The molecule has 1 aliphatic carbocycles. The first-order valence-electron chi connectivity index (χ1n) is 8.65. The minimum absolute atomic E-state index is 0.0417. The van der Waals surface area contributed by atoms with Crippen LogP contribution in [0.5, 0.6) is 0 Å². The van der Waals surface area contributed by atoms with Gasteiger partial charge in [0.2, 0.25) is 9.62 Å². The summed E-state index contributed by atoms with van der Waals surface area (Å²) in [5, 5.41) is 7.68. The summed E-state index contributed by atoms with van der Waals surface area (Å²) in [5.41, 5.74) is 3.66. The maximum Gasteiger partial charge on any atom is 0.295 e. The van der Waals surface area contributed by atoms with Crippen LogP contribution in [0.2, 0.25) is 10.0 Å². The lowest BCUT2D eigenvalue weighted by Gasteiger charge is -2.12. The van der Waals surface area contributed by atoms with E-state index < -0.39 is 9.70 Å². The number of aryl methyl sites for hydroxylation is 2. The Balaban J connectivity index is 1.68.